The highest BCUT2D eigenvalue weighted by Gasteiger charge is 2.24. The topological polar surface area (TPSA) is 32.3 Å². The predicted octanol–water partition coefficient (Wildman–Crippen LogP) is 2.95. The maximum atomic E-state index is 11.6. The SMILES string of the molecule is CNC(=O)C1CCN(c2ccc(C(C)(C)C)cc2)CC1. The van der Waals surface area contributed by atoms with E-state index >= 15 is 0 Å². The number of carbonyl (C=O) groups excluding carboxylic acids is 1. The minimum absolute atomic E-state index is 0.185. The minimum Gasteiger partial charge on any atom is -0.371 e. The molecule has 3 heteroatoms. The number of benzene rings is 1. The Kier molecular flexibility index (Phi) is 4.36. The molecule has 0 unspecified atom stereocenters. The lowest BCUT2D eigenvalue weighted by molar-refractivity contribution is -0.125. The molecule has 1 aromatic carbocycles. The molecule has 0 bridgehead atoms. The summed E-state index contributed by atoms with van der Waals surface area (Å²) in [6, 6.07) is 8.86. The number of piperidine rings is 1. The monoisotopic (exact) mass is 274 g/mol. The molecular weight excluding hydrogens is 248 g/mol. The van der Waals surface area contributed by atoms with Crippen LogP contribution in [0, 0.1) is 5.92 Å². The van der Waals surface area contributed by atoms with Crippen LogP contribution in [-0.4, -0.2) is 26.0 Å². The van der Waals surface area contributed by atoms with Crippen molar-refractivity contribution in [1.29, 1.82) is 0 Å². The Labute approximate surface area is 122 Å². The van der Waals surface area contributed by atoms with Crippen molar-refractivity contribution in [2.24, 2.45) is 5.92 Å². The first kappa shape index (κ1) is 14.9. The maximum Gasteiger partial charge on any atom is 0.222 e. The zero-order chi connectivity index (χ0) is 14.8. The van der Waals surface area contributed by atoms with Crippen molar-refractivity contribution in [2.75, 3.05) is 25.0 Å². The highest BCUT2D eigenvalue weighted by molar-refractivity contribution is 5.78. The fourth-order valence-electron chi connectivity index (χ4n) is 2.78. The zero-order valence-corrected chi connectivity index (χ0v) is 13.1. The number of rotatable bonds is 2. The Morgan fingerprint density at radius 2 is 1.70 bits per heavy atom. The van der Waals surface area contributed by atoms with Crippen molar-refractivity contribution in [3.63, 3.8) is 0 Å². The molecule has 0 atom stereocenters. The van der Waals surface area contributed by atoms with Gasteiger partial charge in [-0.25, -0.2) is 0 Å². The van der Waals surface area contributed by atoms with Crippen LogP contribution in [0.2, 0.25) is 0 Å². The minimum atomic E-state index is 0.185. The fraction of sp³-hybridized carbons (Fsp3) is 0.588. The van der Waals surface area contributed by atoms with Crippen LogP contribution >= 0.6 is 0 Å². The van der Waals surface area contributed by atoms with Crippen molar-refractivity contribution in [3.05, 3.63) is 29.8 Å². The van der Waals surface area contributed by atoms with Crippen LogP contribution in [0.5, 0.6) is 0 Å². The van der Waals surface area contributed by atoms with Crippen molar-refractivity contribution in [3.8, 4) is 0 Å². The van der Waals surface area contributed by atoms with E-state index in [2.05, 4.69) is 55.3 Å². The largest absolute Gasteiger partial charge is 0.371 e. The Morgan fingerprint density at radius 1 is 1.15 bits per heavy atom. The van der Waals surface area contributed by atoms with Gasteiger partial charge in [-0.2, -0.15) is 0 Å². The lowest BCUT2D eigenvalue weighted by Crippen LogP contribution is -2.39. The van der Waals surface area contributed by atoms with E-state index in [1.54, 1.807) is 7.05 Å². The molecule has 1 saturated heterocycles. The smallest absolute Gasteiger partial charge is 0.222 e. The summed E-state index contributed by atoms with van der Waals surface area (Å²) in [5.41, 5.74) is 2.83. The summed E-state index contributed by atoms with van der Waals surface area (Å²) < 4.78 is 0. The molecule has 0 radical (unpaired) electrons. The van der Waals surface area contributed by atoms with E-state index < -0.39 is 0 Å². The van der Waals surface area contributed by atoms with Gasteiger partial charge in [-0.05, 0) is 36.0 Å². The lowest BCUT2D eigenvalue weighted by atomic mass is 9.87. The van der Waals surface area contributed by atoms with E-state index in [1.807, 2.05) is 0 Å². The summed E-state index contributed by atoms with van der Waals surface area (Å²) in [6.45, 7) is 8.63. The third-order valence-corrected chi connectivity index (χ3v) is 4.21. The Hall–Kier alpha value is -1.51. The third kappa shape index (κ3) is 3.33. The van der Waals surface area contributed by atoms with Crippen LogP contribution in [0.4, 0.5) is 5.69 Å². The second kappa shape index (κ2) is 5.86. The Balaban J connectivity index is 1.99. The van der Waals surface area contributed by atoms with Crippen molar-refractivity contribution < 1.29 is 4.79 Å². The van der Waals surface area contributed by atoms with Crippen molar-refractivity contribution in [2.45, 2.75) is 39.0 Å². The summed E-state index contributed by atoms with van der Waals surface area (Å²) in [7, 11) is 1.72. The summed E-state index contributed by atoms with van der Waals surface area (Å²) in [6.07, 6.45) is 1.89. The molecule has 20 heavy (non-hydrogen) atoms. The van der Waals surface area contributed by atoms with E-state index in [9.17, 15) is 4.79 Å². The molecule has 1 aliphatic heterocycles. The zero-order valence-electron chi connectivity index (χ0n) is 13.1. The Bertz CT molecular complexity index is 451. The molecule has 110 valence electrons. The number of amides is 1. The van der Waals surface area contributed by atoms with E-state index in [1.165, 1.54) is 11.3 Å². The predicted molar refractivity (Wildman–Crippen MR) is 84.1 cm³/mol. The number of hydrogen-bond acceptors (Lipinski definition) is 2. The molecule has 0 spiro atoms. The van der Waals surface area contributed by atoms with Crippen LogP contribution in [-0.2, 0) is 10.2 Å². The molecule has 1 N–H and O–H groups in total. The van der Waals surface area contributed by atoms with E-state index in [-0.39, 0.29) is 17.2 Å². The van der Waals surface area contributed by atoms with Gasteiger partial charge in [-0.15, -0.1) is 0 Å². The summed E-state index contributed by atoms with van der Waals surface area (Å²) in [4.78, 5) is 14.0. The first-order chi connectivity index (χ1) is 9.41. The molecule has 0 aromatic heterocycles. The van der Waals surface area contributed by atoms with E-state index in [0.29, 0.717) is 0 Å². The number of nitrogens with zero attached hydrogens (tertiary/aromatic N) is 1. The molecule has 0 aliphatic carbocycles. The average Bonchev–Trinajstić information content (AvgIpc) is 2.46. The molecule has 1 amide bonds. The Morgan fingerprint density at radius 3 is 2.15 bits per heavy atom. The van der Waals surface area contributed by atoms with Gasteiger partial charge in [0, 0.05) is 31.7 Å². The van der Waals surface area contributed by atoms with E-state index in [0.717, 1.165) is 25.9 Å². The second-order valence-corrected chi connectivity index (χ2v) is 6.67. The van der Waals surface area contributed by atoms with Crippen molar-refractivity contribution >= 4 is 11.6 Å². The third-order valence-electron chi connectivity index (χ3n) is 4.21. The quantitative estimate of drug-likeness (QED) is 0.899. The summed E-state index contributed by atoms with van der Waals surface area (Å²) in [5.74, 6) is 0.373. The van der Waals surface area contributed by atoms with Gasteiger partial charge in [0.25, 0.3) is 0 Å². The fourth-order valence-corrected chi connectivity index (χ4v) is 2.78. The molecule has 2 rings (SSSR count). The second-order valence-electron chi connectivity index (χ2n) is 6.67. The highest BCUT2D eigenvalue weighted by atomic mass is 16.1. The van der Waals surface area contributed by atoms with Crippen LogP contribution < -0.4 is 10.2 Å². The average molecular weight is 274 g/mol. The van der Waals surface area contributed by atoms with Gasteiger partial charge in [0.05, 0.1) is 0 Å². The van der Waals surface area contributed by atoms with Gasteiger partial charge in [-0.1, -0.05) is 32.9 Å². The molecule has 1 fully saturated rings. The summed E-state index contributed by atoms with van der Waals surface area (Å²) in [5, 5.41) is 2.76. The molecule has 1 heterocycles. The normalized spacial score (nSPS) is 17.1. The van der Waals surface area contributed by atoms with Gasteiger partial charge in [0.15, 0.2) is 0 Å². The van der Waals surface area contributed by atoms with Gasteiger partial charge in [0.2, 0.25) is 5.91 Å². The molecule has 1 aliphatic rings. The standard InChI is InChI=1S/C17H26N2O/c1-17(2,3)14-5-7-15(8-6-14)19-11-9-13(10-12-19)16(20)18-4/h5-8,13H,9-12H2,1-4H3,(H,18,20). The number of anilines is 1. The molecule has 1 aromatic rings. The van der Waals surface area contributed by atoms with Crippen LogP contribution in [0.3, 0.4) is 0 Å². The van der Waals surface area contributed by atoms with Gasteiger partial charge >= 0.3 is 0 Å². The van der Waals surface area contributed by atoms with Crippen LogP contribution in [0.25, 0.3) is 0 Å². The number of hydrogen-bond donors (Lipinski definition) is 1. The van der Waals surface area contributed by atoms with Crippen LogP contribution in [0.1, 0.15) is 39.2 Å². The first-order valence-electron chi connectivity index (χ1n) is 7.49. The molecular formula is C17H26N2O. The molecule has 0 saturated carbocycles. The van der Waals surface area contributed by atoms with Crippen LogP contribution in [0.15, 0.2) is 24.3 Å². The van der Waals surface area contributed by atoms with Crippen molar-refractivity contribution in [1.82, 2.24) is 5.32 Å². The van der Waals surface area contributed by atoms with E-state index in [4.69, 9.17) is 0 Å². The number of nitrogens with one attached hydrogen (secondary N) is 1. The maximum absolute atomic E-state index is 11.6. The lowest BCUT2D eigenvalue weighted by Gasteiger charge is -2.33. The van der Waals surface area contributed by atoms with Gasteiger partial charge in [-0.3, -0.25) is 4.79 Å². The highest BCUT2D eigenvalue weighted by Crippen LogP contribution is 2.27. The first-order valence-corrected chi connectivity index (χ1v) is 7.49. The van der Waals surface area contributed by atoms with Gasteiger partial charge < -0.3 is 10.2 Å². The molecule has 3 nitrogen and oxygen atoms in total. The van der Waals surface area contributed by atoms with Gasteiger partial charge in [0.1, 0.15) is 0 Å². The number of carbonyl (C=O) groups is 1. The summed E-state index contributed by atoms with van der Waals surface area (Å²) >= 11 is 0.